The molecule has 11 heteroatoms. The predicted molar refractivity (Wildman–Crippen MR) is 314 cm³/mol. The highest BCUT2D eigenvalue weighted by Gasteiger charge is 2.27. The zero-order valence-corrected chi connectivity index (χ0v) is 47.3. The maximum absolute atomic E-state index is 12.7. The van der Waals surface area contributed by atoms with Crippen LogP contribution in [0.5, 0.6) is 0 Å². The van der Waals surface area contributed by atoms with Crippen LogP contribution in [0.2, 0.25) is 0 Å². The minimum absolute atomic E-state index is 0.0313. The van der Waals surface area contributed by atoms with E-state index in [4.69, 9.17) is 24.8 Å². The lowest BCUT2D eigenvalue weighted by molar-refractivity contribution is -0.152. The van der Waals surface area contributed by atoms with Crippen LogP contribution in [-0.2, 0) is 29.9 Å². The number of carbonyl (C=O) groups excluding carboxylic acids is 2. The fourth-order valence-corrected chi connectivity index (χ4v) is 9.91. The van der Waals surface area contributed by atoms with E-state index < -0.39 is 24.5 Å². The average molecular weight is 1070 g/mol. The predicted octanol–water partition coefficient (Wildman–Crippen LogP) is 13.3. The molecule has 0 radical (unpaired) electrons. The molecule has 79 heavy (non-hydrogen) atoms. The lowest BCUT2D eigenvalue weighted by atomic mass is 9.86. The maximum atomic E-state index is 12.7. The van der Waals surface area contributed by atoms with Gasteiger partial charge in [0, 0.05) is 50.1 Å². The molecule has 6 aromatic rings. The number of Topliss-reactive ketones (excluding diaryl/α,β-unsaturated/α-hetero) is 2. The number of ketones is 2. The molecule has 2 saturated heterocycles. The Bertz CT molecular complexity index is 2490. The molecule has 0 aliphatic carbocycles. The SMILES string of the molecule is CC(C)(C)c1ccc(C(=O)CCCN2CCC(OC(c3ccccc3)c3ccccc3)CC2)cc1.CC(C)(C)c1ccc(C(=O)CCCN2CCC(OC(c3ccccc3)c3ccccc3)CC2)cc1.O=C(O)CC(O)C(=O)O. The number of likely N-dealkylation sites (tertiary alicyclic amines) is 2. The second kappa shape index (κ2) is 30.7. The number of carboxylic acids is 2. The summed E-state index contributed by atoms with van der Waals surface area (Å²) in [6.45, 7) is 19.2. The van der Waals surface area contributed by atoms with Crippen LogP contribution < -0.4 is 0 Å². The van der Waals surface area contributed by atoms with Crippen molar-refractivity contribution in [3.63, 3.8) is 0 Å². The van der Waals surface area contributed by atoms with Crippen LogP contribution in [0.1, 0.15) is 166 Å². The zero-order chi connectivity index (χ0) is 56.8. The zero-order valence-electron chi connectivity index (χ0n) is 47.3. The van der Waals surface area contributed by atoms with Crippen molar-refractivity contribution in [3.8, 4) is 0 Å². The summed E-state index contributed by atoms with van der Waals surface area (Å²) >= 11 is 0. The monoisotopic (exact) mass is 1070 g/mol. The molecule has 0 saturated carbocycles. The number of aliphatic carboxylic acids is 2. The van der Waals surface area contributed by atoms with Gasteiger partial charge < -0.3 is 34.6 Å². The van der Waals surface area contributed by atoms with E-state index in [1.54, 1.807) is 0 Å². The molecule has 6 aromatic carbocycles. The third-order valence-corrected chi connectivity index (χ3v) is 14.7. The molecule has 2 heterocycles. The van der Waals surface area contributed by atoms with Gasteiger partial charge in [-0.15, -0.1) is 0 Å². The number of rotatable bonds is 21. The molecule has 2 aliphatic heterocycles. The lowest BCUT2D eigenvalue weighted by Crippen LogP contribution is -2.38. The maximum Gasteiger partial charge on any atom is 0.333 e. The number of nitrogens with zero attached hydrogens (tertiary/aromatic N) is 2. The second-order valence-electron chi connectivity index (χ2n) is 22.9. The van der Waals surface area contributed by atoms with Gasteiger partial charge in [0.25, 0.3) is 0 Å². The molecule has 8 rings (SSSR count). The van der Waals surface area contributed by atoms with Gasteiger partial charge in [0.05, 0.1) is 18.6 Å². The normalized spacial score (nSPS) is 15.1. The third kappa shape index (κ3) is 20.5. The molecule has 3 N–H and O–H groups in total. The third-order valence-electron chi connectivity index (χ3n) is 14.7. The molecule has 2 aliphatic rings. The first-order valence-electron chi connectivity index (χ1n) is 28.2. The standard InChI is InChI=1S/2C32H39NO2.C4H6O5/c2*1-32(2,3)28-18-16-25(17-19-28)30(34)15-10-22-33-23-20-29(21-24-33)35-31(26-11-6-4-7-12-26)27-13-8-5-9-14-27;5-2(4(8)9)1-3(6)7/h2*4-9,11-14,16-19,29,31H,10,15,20-24H2,1-3H3;2,5H,1H2,(H,6,7)(H,8,9). The van der Waals surface area contributed by atoms with Gasteiger partial charge in [0.2, 0.25) is 0 Å². The number of piperidine rings is 2. The van der Waals surface area contributed by atoms with Gasteiger partial charge in [-0.05, 0) is 95.8 Å². The fraction of sp³-hybridized carbons (Fsp3) is 0.412. The summed E-state index contributed by atoms with van der Waals surface area (Å²) in [5, 5.41) is 24.1. The van der Waals surface area contributed by atoms with Gasteiger partial charge >= 0.3 is 11.9 Å². The van der Waals surface area contributed by atoms with E-state index in [0.717, 1.165) is 88.9 Å². The Kier molecular flexibility index (Phi) is 23.9. The summed E-state index contributed by atoms with van der Waals surface area (Å²) in [5.74, 6) is -2.35. The van der Waals surface area contributed by atoms with E-state index in [-0.39, 0.29) is 46.8 Å². The van der Waals surface area contributed by atoms with Gasteiger partial charge in [0.1, 0.15) is 12.2 Å². The Morgan fingerprint density at radius 3 is 1.00 bits per heavy atom. The van der Waals surface area contributed by atoms with E-state index in [0.29, 0.717) is 12.8 Å². The van der Waals surface area contributed by atoms with Crippen molar-refractivity contribution in [2.45, 2.75) is 141 Å². The summed E-state index contributed by atoms with van der Waals surface area (Å²) in [6.07, 6.45) is 5.02. The molecule has 11 nitrogen and oxygen atoms in total. The Labute approximate surface area is 469 Å². The molecule has 1 atom stereocenters. The summed E-state index contributed by atoms with van der Waals surface area (Å²) in [7, 11) is 0. The lowest BCUT2D eigenvalue weighted by Gasteiger charge is -2.34. The Morgan fingerprint density at radius 1 is 0.468 bits per heavy atom. The molecule has 420 valence electrons. The van der Waals surface area contributed by atoms with Crippen molar-refractivity contribution in [2.24, 2.45) is 0 Å². The van der Waals surface area contributed by atoms with Gasteiger partial charge in [-0.3, -0.25) is 14.4 Å². The fourth-order valence-electron chi connectivity index (χ4n) is 9.91. The average Bonchev–Trinajstić information content (AvgIpc) is 3.46. The van der Waals surface area contributed by atoms with Crippen LogP contribution in [-0.4, -0.2) is 106 Å². The van der Waals surface area contributed by atoms with Crippen molar-refractivity contribution in [2.75, 3.05) is 39.3 Å². The number of benzene rings is 6. The van der Waals surface area contributed by atoms with E-state index in [9.17, 15) is 19.2 Å². The number of aliphatic hydroxyl groups excluding tert-OH is 1. The summed E-state index contributed by atoms with van der Waals surface area (Å²) < 4.78 is 13.3. The Hall–Kier alpha value is -6.60. The highest BCUT2D eigenvalue weighted by molar-refractivity contribution is 5.96. The van der Waals surface area contributed by atoms with Crippen LogP contribution in [0.15, 0.2) is 170 Å². The molecule has 0 spiro atoms. The van der Waals surface area contributed by atoms with E-state index >= 15 is 0 Å². The number of ether oxygens (including phenoxy) is 2. The van der Waals surface area contributed by atoms with E-state index in [1.165, 1.54) is 33.4 Å². The van der Waals surface area contributed by atoms with Crippen LogP contribution >= 0.6 is 0 Å². The van der Waals surface area contributed by atoms with Crippen molar-refractivity contribution >= 4 is 23.5 Å². The van der Waals surface area contributed by atoms with E-state index in [2.05, 4.69) is 197 Å². The van der Waals surface area contributed by atoms with Gasteiger partial charge in [0.15, 0.2) is 17.7 Å². The van der Waals surface area contributed by atoms with Crippen LogP contribution in [0.3, 0.4) is 0 Å². The van der Waals surface area contributed by atoms with Crippen molar-refractivity contribution in [3.05, 3.63) is 214 Å². The molecule has 2 fully saturated rings. The first-order valence-corrected chi connectivity index (χ1v) is 28.2. The second-order valence-corrected chi connectivity index (χ2v) is 22.9. The highest BCUT2D eigenvalue weighted by atomic mass is 16.5. The van der Waals surface area contributed by atoms with Crippen molar-refractivity contribution < 1.29 is 44.0 Å². The van der Waals surface area contributed by atoms with Gasteiger partial charge in [-0.25, -0.2) is 4.79 Å². The molecular weight excluding hydrogens is 989 g/mol. The number of hydrogen-bond acceptors (Lipinski definition) is 9. The number of aliphatic hydroxyl groups is 1. The smallest absolute Gasteiger partial charge is 0.333 e. The highest BCUT2D eigenvalue weighted by Crippen LogP contribution is 2.32. The Morgan fingerprint density at radius 2 is 0.759 bits per heavy atom. The van der Waals surface area contributed by atoms with Crippen LogP contribution in [0.25, 0.3) is 0 Å². The topological polar surface area (TPSA) is 154 Å². The quantitative estimate of drug-likeness (QED) is 0.0590. The molecule has 0 bridgehead atoms. The van der Waals surface area contributed by atoms with Crippen LogP contribution in [0, 0.1) is 0 Å². The summed E-state index contributed by atoms with van der Waals surface area (Å²) in [5.41, 5.74) is 9.23. The molecular formula is C68H84N2O9. The minimum atomic E-state index is -1.79. The molecule has 0 amide bonds. The summed E-state index contributed by atoms with van der Waals surface area (Å²) in [4.78, 5) is 49.7. The molecule has 1 unspecified atom stereocenters. The Balaban J connectivity index is 0.000000221. The van der Waals surface area contributed by atoms with Gasteiger partial charge in [-0.2, -0.15) is 0 Å². The number of hydrogen-bond donors (Lipinski definition) is 3. The van der Waals surface area contributed by atoms with Crippen molar-refractivity contribution in [1.82, 2.24) is 9.80 Å². The largest absolute Gasteiger partial charge is 0.481 e. The first-order chi connectivity index (χ1) is 37.8. The van der Waals surface area contributed by atoms with Crippen LogP contribution in [0.4, 0.5) is 0 Å². The summed E-state index contributed by atoms with van der Waals surface area (Å²) in [6, 6.07) is 58.4. The number of carboxylic acid groups (broad SMARTS) is 2. The first kappa shape index (κ1) is 61.6. The minimum Gasteiger partial charge on any atom is -0.481 e. The van der Waals surface area contributed by atoms with Gasteiger partial charge in [-0.1, -0.05) is 211 Å². The molecule has 0 aromatic heterocycles. The number of carbonyl (C=O) groups is 4. The van der Waals surface area contributed by atoms with E-state index in [1.807, 2.05) is 24.3 Å². The van der Waals surface area contributed by atoms with Crippen molar-refractivity contribution in [1.29, 1.82) is 0 Å².